The van der Waals surface area contributed by atoms with Crippen LogP contribution in [0.4, 0.5) is 0 Å². The molecule has 0 aliphatic rings. The van der Waals surface area contributed by atoms with Crippen LogP contribution >= 0.6 is 23.2 Å². The summed E-state index contributed by atoms with van der Waals surface area (Å²) in [6.45, 7) is 3.58. The molecule has 0 amide bonds. The molecule has 2 atom stereocenters. The van der Waals surface area contributed by atoms with Gasteiger partial charge in [-0.1, -0.05) is 35.3 Å². The number of carboxylic acid groups (broad SMARTS) is 2. The van der Waals surface area contributed by atoms with E-state index in [2.05, 4.69) is 21.0 Å². The number of halogens is 2. The molecule has 0 bridgehead atoms. The Bertz CT molecular complexity index is 1340. The lowest BCUT2D eigenvalue weighted by Gasteiger charge is -2.10. The van der Waals surface area contributed by atoms with Crippen LogP contribution in [0.25, 0.3) is 22.4 Å². The molecule has 0 fully saturated rings. The predicted molar refractivity (Wildman–Crippen MR) is 129 cm³/mol. The topological polar surface area (TPSA) is 151 Å². The van der Waals surface area contributed by atoms with Gasteiger partial charge in [0.15, 0.2) is 12.2 Å². The van der Waals surface area contributed by atoms with Gasteiger partial charge in [0.1, 0.15) is 11.6 Å². The SMILES string of the molecule is CCn1c(Cn2ccnc2-c2cccc(Cl)c2)nc2cc(Cl)ccc21.O=C(O)C(O)C(O)C(=O)O. The number of hydrogen-bond acceptors (Lipinski definition) is 6. The van der Waals surface area contributed by atoms with Crippen molar-refractivity contribution in [3.8, 4) is 11.4 Å². The number of rotatable bonds is 7. The van der Waals surface area contributed by atoms with Crippen LogP contribution in [-0.4, -0.2) is 63.7 Å². The number of aliphatic carboxylic acids is 2. The fourth-order valence-electron chi connectivity index (χ4n) is 3.37. The third-order valence-electron chi connectivity index (χ3n) is 5.02. The largest absolute Gasteiger partial charge is 0.479 e. The van der Waals surface area contributed by atoms with Crippen molar-refractivity contribution in [3.63, 3.8) is 0 Å². The van der Waals surface area contributed by atoms with E-state index >= 15 is 0 Å². The van der Waals surface area contributed by atoms with Gasteiger partial charge in [-0.25, -0.2) is 19.6 Å². The molecule has 0 saturated carbocycles. The van der Waals surface area contributed by atoms with Crippen molar-refractivity contribution in [1.82, 2.24) is 19.1 Å². The Kier molecular flexibility index (Phi) is 8.47. The summed E-state index contributed by atoms with van der Waals surface area (Å²) >= 11 is 12.2. The van der Waals surface area contributed by atoms with Gasteiger partial charge in [-0.05, 0) is 37.3 Å². The number of carboxylic acids is 2. The second-order valence-corrected chi connectivity index (χ2v) is 8.23. The number of hydrogen-bond donors (Lipinski definition) is 4. The fourth-order valence-corrected chi connectivity index (χ4v) is 3.73. The molecule has 0 radical (unpaired) electrons. The highest BCUT2D eigenvalue weighted by Gasteiger charge is 2.29. The summed E-state index contributed by atoms with van der Waals surface area (Å²) in [7, 11) is 0. The highest BCUT2D eigenvalue weighted by Crippen LogP contribution is 2.24. The number of nitrogens with zero attached hydrogens (tertiary/aromatic N) is 4. The van der Waals surface area contributed by atoms with E-state index in [1.165, 1.54) is 0 Å². The number of benzene rings is 2. The monoisotopic (exact) mass is 520 g/mol. The zero-order valence-corrected chi connectivity index (χ0v) is 19.9. The van der Waals surface area contributed by atoms with Crippen LogP contribution in [0, 0.1) is 0 Å². The maximum Gasteiger partial charge on any atom is 0.335 e. The maximum atomic E-state index is 9.77. The molecule has 4 aromatic rings. The van der Waals surface area contributed by atoms with E-state index in [1.54, 1.807) is 6.20 Å². The van der Waals surface area contributed by atoms with Crippen molar-refractivity contribution in [2.24, 2.45) is 0 Å². The lowest BCUT2D eigenvalue weighted by atomic mass is 10.2. The number of aryl methyl sites for hydroxylation is 1. The van der Waals surface area contributed by atoms with Gasteiger partial charge in [-0.15, -0.1) is 0 Å². The van der Waals surface area contributed by atoms with Gasteiger partial charge in [0.05, 0.1) is 17.6 Å². The molecule has 2 unspecified atom stereocenters. The van der Waals surface area contributed by atoms with Crippen molar-refractivity contribution >= 4 is 46.2 Å². The van der Waals surface area contributed by atoms with Crippen molar-refractivity contribution in [2.75, 3.05) is 0 Å². The molecule has 4 N–H and O–H groups in total. The Morgan fingerprint density at radius 1 is 1.00 bits per heavy atom. The van der Waals surface area contributed by atoms with Crippen molar-refractivity contribution in [1.29, 1.82) is 0 Å². The van der Waals surface area contributed by atoms with E-state index in [1.807, 2.05) is 48.7 Å². The Balaban J connectivity index is 0.000000292. The number of fused-ring (bicyclic) bond motifs is 1. The molecule has 0 saturated heterocycles. The molecular formula is C23H22Cl2N4O6. The van der Waals surface area contributed by atoms with Gasteiger partial charge < -0.3 is 29.6 Å². The van der Waals surface area contributed by atoms with Crippen molar-refractivity contribution < 1.29 is 30.0 Å². The summed E-state index contributed by atoms with van der Waals surface area (Å²) in [4.78, 5) is 28.8. The number of imidazole rings is 2. The predicted octanol–water partition coefficient (Wildman–Crippen LogP) is 3.15. The fraction of sp³-hybridized carbons (Fsp3) is 0.217. The van der Waals surface area contributed by atoms with Crippen molar-refractivity contribution in [3.05, 3.63) is 70.7 Å². The first-order chi connectivity index (χ1) is 16.6. The minimum absolute atomic E-state index is 0.627. The zero-order valence-electron chi connectivity index (χ0n) is 18.4. The first-order valence-electron chi connectivity index (χ1n) is 10.4. The summed E-state index contributed by atoms with van der Waals surface area (Å²) in [5.41, 5.74) is 2.99. The van der Waals surface area contributed by atoms with Crippen LogP contribution in [0.15, 0.2) is 54.9 Å². The van der Waals surface area contributed by atoms with Crippen LogP contribution in [-0.2, 0) is 22.7 Å². The third kappa shape index (κ3) is 6.17. The highest BCUT2D eigenvalue weighted by molar-refractivity contribution is 6.31. The summed E-state index contributed by atoms with van der Waals surface area (Å²) in [5.74, 6) is -1.69. The van der Waals surface area contributed by atoms with Gasteiger partial charge >= 0.3 is 11.9 Å². The summed E-state index contributed by atoms with van der Waals surface area (Å²) in [6.07, 6.45) is -0.774. The standard InChI is InChI=1S/C19H16Cl2N4.C4H6O6/c1-2-25-17-7-6-15(21)11-16(17)23-18(25)12-24-9-8-22-19(24)13-4-3-5-14(20)10-13;5-1(3(7)8)2(6)4(9)10/h3-11H,2,12H2,1H3;1-2,5-6H,(H,7,8)(H,9,10). The van der Waals surface area contributed by atoms with Crippen LogP contribution in [0.3, 0.4) is 0 Å². The van der Waals surface area contributed by atoms with E-state index in [0.29, 0.717) is 16.6 Å². The molecule has 2 aromatic heterocycles. The summed E-state index contributed by atoms with van der Waals surface area (Å²) in [5, 5.41) is 33.9. The van der Waals surface area contributed by atoms with E-state index in [9.17, 15) is 9.59 Å². The molecule has 12 heteroatoms. The van der Waals surface area contributed by atoms with Crippen LogP contribution in [0.5, 0.6) is 0 Å². The average Bonchev–Trinajstić information content (AvgIpc) is 3.41. The molecule has 184 valence electrons. The van der Waals surface area contributed by atoms with Gasteiger partial charge in [-0.2, -0.15) is 0 Å². The number of aromatic nitrogens is 4. The molecule has 0 aliphatic carbocycles. The molecule has 4 rings (SSSR count). The average molecular weight is 521 g/mol. The number of aliphatic hydroxyl groups excluding tert-OH is 2. The Hall–Kier alpha value is -3.44. The van der Waals surface area contributed by atoms with Crippen LogP contribution in [0.1, 0.15) is 12.7 Å². The van der Waals surface area contributed by atoms with E-state index in [0.717, 1.165) is 34.8 Å². The van der Waals surface area contributed by atoms with Gasteiger partial charge in [0.2, 0.25) is 0 Å². The molecule has 2 aromatic carbocycles. The highest BCUT2D eigenvalue weighted by atomic mass is 35.5. The first kappa shape index (κ1) is 26.2. The van der Waals surface area contributed by atoms with Crippen LogP contribution in [0.2, 0.25) is 10.0 Å². The van der Waals surface area contributed by atoms with E-state index in [-0.39, 0.29) is 0 Å². The van der Waals surface area contributed by atoms with Crippen LogP contribution < -0.4 is 0 Å². The third-order valence-corrected chi connectivity index (χ3v) is 5.49. The zero-order chi connectivity index (χ0) is 25.7. The maximum absolute atomic E-state index is 9.77. The number of carbonyl (C=O) groups is 2. The molecule has 10 nitrogen and oxygen atoms in total. The lowest BCUT2D eigenvalue weighted by molar-refractivity contribution is -0.165. The van der Waals surface area contributed by atoms with Gasteiger partial charge in [-0.3, -0.25) is 0 Å². The Morgan fingerprint density at radius 3 is 2.26 bits per heavy atom. The molecule has 35 heavy (non-hydrogen) atoms. The normalized spacial score (nSPS) is 12.6. The minimum Gasteiger partial charge on any atom is -0.479 e. The van der Waals surface area contributed by atoms with E-state index < -0.39 is 24.1 Å². The second kappa shape index (κ2) is 11.3. The smallest absolute Gasteiger partial charge is 0.335 e. The second-order valence-electron chi connectivity index (χ2n) is 7.36. The van der Waals surface area contributed by atoms with Gasteiger partial charge in [0.25, 0.3) is 0 Å². The molecular weight excluding hydrogens is 499 g/mol. The summed E-state index contributed by atoms with van der Waals surface area (Å²) < 4.78 is 4.29. The van der Waals surface area contributed by atoms with Gasteiger partial charge in [0, 0.05) is 34.5 Å². The molecule has 0 spiro atoms. The quantitative estimate of drug-likeness (QED) is 0.290. The minimum atomic E-state index is -2.27. The lowest BCUT2D eigenvalue weighted by Crippen LogP contribution is -2.39. The van der Waals surface area contributed by atoms with Crippen molar-refractivity contribution in [2.45, 2.75) is 32.2 Å². The Labute approximate surface area is 209 Å². The Morgan fingerprint density at radius 2 is 1.66 bits per heavy atom. The van der Waals surface area contributed by atoms with E-state index in [4.69, 9.17) is 48.6 Å². The molecule has 0 aliphatic heterocycles. The summed E-state index contributed by atoms with van der Waals surface area (Å²) in [6, 6.07) is 13.5. The number of aliphatic hydroxyl groups is 2. The molecule has 2 heterocycles. The first-order valence-corrected chi connectivity index (χ1v) is 11.1.